The molecule has 2 aromatic rings. The van der Waals surface area contributed by atoms with E-state index in [2.05, 4.69) is 10.1 Å². The molecule has 5 nitrogen and oxygen atoms in total. The molecule has 2 aromatic heterocycles. The zero-order valence-electron chi connectivity index (χ0n) is 11.5. The van der Waals surface area contributed by atoms with Gasteiger partial charge in [-0.05, 0) is 17.7 Å². The van der Waals surface area contributed by atoms with Gasteiger partial charge in [-0.15, -0.1) is 0 Å². The van der Waals surface area contributed by atoms with E-state index in [4.69, 9.17) is 16.3 Å². The van der Waals surface area contributed by atoms with E-state index >= 15 is 0 Å². The normalized spacial score (nSPS) is 11.0. The summed E-state index contributed by atoms with van der Waals surface area (Å²) in [6.45, 7) is 1.61. The molecule has 21 heavy (non-hydrogen) atoms. The molecule has 2 rings (SSSR count). The Balaban J connectivity index is 2.40. The van der Waals surface area contributed by atoms with Crippen molar-refractivity contribution in [1.82, 2.24) is 14.8 Å². The number of hydrogen-bond acceptors (Lipinski definition) is 4. The van der Waals surface area contributed by atoms with Crippen LogP contribution in [0.1, 0.15) is 28.5 Å². The van der Waals surface area contributed by atoms with Gasteiger partial charge in [0.05, 0.1) is 26.1 Å². The Labute approximate surface area is 126 Å². The maximum atomic E-state index is 13.1. The van der Waals surface area contributed by atoms with Gasteiger partial charge < -0.3 is 4.74 Å². The SMILES string of the molecule is COC=Cc1c(C(C)=O)nn(Cc2cncc(F)c2)c1Cl. The molecule has 0 unspecified atom stereocenters. The van der Waals surface area contributed by atoms with Gasteiger partial charge in [-0.1, -0.05) is 11.6 Å². The average molecular weight is 310 g/mol. The van der Waals surface area contributed by atoms with Crippen LogP contribution in [0.5, 0.6) is 0 Å². The number of pyridine rings is 1. The van der Waals surface area contributed by atoms with Crippen LogP contribution in [0.15, 0.2) is 24.7 Å². The van der Waals surface area contributed by atoms with Crippen molar-refractivity contribution in [2.75, 3.05) is 7.11 Å². The molecule has 0 aliphatic rings. The summed E-state index contributed by atoms with van der Waals surface area (Å²) in [4.78, 5) is 15.4. The zero-order valence-corrected chi connectivity index (χ0v) is 12.3. The van der Waals surface area contributed by atoms with Crippen LogP contribution in [0.25, 0.3) is 6.08 Å². The Bertz CT molecular complexity index is 698. The van der Waals surface area contributed by atoms with E-state index in [1.54, 1.807) is 6.08 Å². The lowest BCUT2D eigenvalue weighted by Gasteiger charge is -2.03. The highest BCUT2D eigenvalue weighted by atomic mass is 35.5. The number of carbonyl (C=O) groups is 1. The van der Waals surface area contributed by atoms with Crippen LogP contribution in [-0.2, 0) is 11.3 Å². The second-order valence-electron chi connectivity index (χ2n) is 4.32. The fourth-order valence-electron chi connectivity index (χ4n) is 1.82. The Hall–Kier alpha value is -2.21. The number of ether oxygens (including phenoxy) is 1. The highest BCUT2D eigenvalue weighted by molar-refractivity contribution is 6.31. The lowest BCUT2D eigenvalue weighted by Crippen LogP contribution is -2.04. The van der Waals surface area contributed by atoms with Crippen LogP contribution in [0.4, 0.5) is 4.39 Å². The molecule has 0 amide bonds. The summed E-state index contributed by atoms with van der Waals surface area (Å²) in [5, 5.41) is 4.44. The minimum Gasteiger partial charge on any atom is -0.504 e. The van der Waals surface area contributed by atoms with Gasteiger partial charge in [-0.2, -0.15) is 5.10 Å². The number of carbonyl (C=O) groups excluding carboxylic acids is 1. The third-order valence-electron chi connectivity index (χ3n) is 2.72. The predicted molar refractivity (Wildman–Crippen MR) is 76.6 cm³/mol. The van der Waals surface area contributed by atoms with Gasteiger partial charge in [0.15, 0.2) is 5.78 Å². The van der Waals surface area contributed by atoms with E-state index < -0.39 is 5.82 Å². The van der Waals surface area contributed by atoms with Gasteiger partial charge in [0.2, 0.25) is 0 Å². The molecular formula is C14H13ClFN3O2. The van der Waals surface area contributed by atoms with Crippen LogP contribution in [0.3, 0.4) is 0 Å². The highest BCUT2D eigenvalue weighted by Crippen LogP contribution is 2.23. The first kappa shape index (κ1) is 15.2. The van der Waals surface area contributed by atoms with Crippen LogP contribution in [0.2, 0.25) is 5.15 Å². The average Bonchev–Trinajstić information content (AvgIpc) is 2.74. The van der Waals surface area contributed by atoms with E-state index in [1.165, 1.54) is 37.2 Å². The van der Waals surface area contributed by atoms with Gasteiger partial charge in [0.25, 0.3) is 0 Å². The van der Waals surface area contributed by atoms with E-state index in [9.17, 15) is 9.18 Å². The molecule has 0 aliphatic carbocycles. The van der Waals surface area contributed by atoms with Crippen molar-refractivity contribution in [2.24, 2.45) is 0 Å². The lowest BCUT2D eigenvalue weighted by molar-refractivity contribution is 0.101. The smallest absolute Gasteiger partial charge is 0.180 e. The van der Waals surface area contributed by atoms with Gasteiger partial charge in [-0.3, -0.25) is 9.78 Å². The van der Waals surface area contributed by atoms with Crippen LogP contribution < -0.4 is 0 Å². The molecule has 0 spiro atoms. The summed E-state index contributed by atoms with van der Waals surface area (Å²) < 4.78 is 19.4. The fraction of sp³-hybridized carbons (Fsp3) is 0.214. The molecule has 0 saturated heterocycles. The van der Waals surface area contributed by atoms with Crippen LogP contribution in [-0.4, -0.2) is 27.7 Å². The molecule has 0 saturated carbocycles. The molecule has 0 fully saturated rings. The molecule has 0 atom stereocenters. The topological polar surface area (TPSA) is 57.0 Å². The van der Waals surface area contributed by atoms with Gasteiger partial charge >= 0.3 is 0 Å². The van der Waals surface area contributed by atoms with Crippen molar-refractivity contribution in [3.05, 3.63) is 52.5 Å². The monoisotopic (exact) mass is 309 g/mol. The number of ketones is 1. The van der Waals surface area contributed by atoms with Gasteiger partial charge in [0, 0.05) is 18.7 Å². The van der Waals surface area contributed by atoms with Crippen molar-refractivity contribution >= 4 is 23.5 Å². The zero-order chi connectivity index (χ0) is 15.4. The first-order valence-electron chi connectivity index (χ1n) is 6.09. The molecule has 0 N–H and O–H groups in total. The molecule has 110 valence electrons. The predicted octanol–water partition coefficient (Wildman–Crippen LogP) is 2.94. The quantitative estimate of drug-likeness (QED) is 0.629. The fourth-order valence-corrected chi connectivity index (χ4v) is 2.07. The largest absolute Gasteiger partial charge is 0.504 e. The molecular weight excluding hydrogens is 297 g/mol. The Morgan fingerprint density at radius 3 is 2.90 bits per heavy atom. The lowest BCUT2D eigenvalue weighted by atomic mass is 10.2. The van der Waals surface area contributed by atoms with Crippen LogP contribution in [0, 0.1) is 5.82 Å². The van der Waals surface area contributed by atoms with Gasteiger partial charge in [-0.25, -0.2) is 9.07 Å². The summed E-state index contributed by atoms with van der Waals surface area (Å²) in [6, 6.07) is 1.34. The Morgan fingerprint density at radius 2 is 2.29 bits per heavy atom. The number of halogens is 2. The van der Waals surface area contributed by atoms with Crippen molar-refractivity contribution in [2.45, 2.75) is 13.5 Å². The minimum absolute atomic E-state index is 0.213. The van der Waals surface area contributed by atoms with Crippen molar-refractivity contribution < 1.29 is 13.9 Å². The third kappa shape index (κ3) is 3.46. The van der Waals surface area contributed by atoms with Gasteiger partial charge in [0.1, 0.15) is 16.7 Å². The standard InChI is InChI=1S/C14H13ClFN3O2/c1-9(20)13-12(3-4-21-2)14(15)19(18-13)8-10-5-11(16)7-17-6-10/h3-7H,8H2,1-2H3. The number of aromatic nitrogens is 3. The number of rotatable bonds is 5. The molecule has 7 heteroatoms. The Morgan fingerprint density at radius 1 is 1.52 bits per heavy atom. The number of nitrogens with zero attached hydrogens (tertiary/aromatic N) is 3. The first-order valence-corrected chi connectivity index (χ1v) is 6.46. The second-order valence-corrected chi connectivity index (χ2v) is 4.67. The summed E-state index contributed by atoms with van der Waals surface area (Å²) in [7, 11) is 1.49. The maximum absolute atomic E-state index is 13.1. The van der Waals surface area contributed by atoms with Crippen molar-refractivity contribution in [3.8, 4) is 0 Å². The number of Topliss-reactive ketones (excluding diaryl/α,β-unsaturated/α-hetero) is 1. The highest BCUT2D eigenvalue weighted by Gasteiger charge is 2.18. The molecule has 2 heterocycles. The van der Waals surface area contributed by atoms with E-state index in [0.717, 1.165) is 6.20 Å². The van der Waals surface area contributed by atoms with E-state index in [-0.39, 0.29) is 23.2 Å². The van der Waals surface area contributed by atoms with E-state index in [0.29, 0.717) is 11.1 Å². The molecule has 0 radical (unpaired) electrons. The minimum atomic E-state index is -0.443. The number of hydrogen-bond donors (Lipinski definition) is 0. The summed E-state index contributed by atoms with van der Waals surface area (Å²) in [5.74, 6) is -0.661. The summed E-state index contributed by atoms with van der Waals surface area (Å²) in [5.41, 5.74) is 1.30. The first-order chi connectivity index (χ1) is 10.0. The second kappa shape index (κ2) is 6.49. The molecule has 0 aromatic carbocycles. The Kier molecular flexibility index (Phi) is 4.70. The molecule has 0 aliphatic heterocycles. The maximum Gasteiger partial charge on any atom is 0.180 e. The van der Waals surface area contributed by atoms with Crippen molar-refractivity contribution in [1.29, 1.82) is 0 Å². The third-order valence-corrected chi connectivity index (χ3v) is 3.12. The van der Waals surface area contributed by atoms with Crippen LogP contribution >= 0.6 is 11.6 Å². The summed E-state index contributed by atoms with van der Waals surface area (Å²) >= 11 is 6.23. The summed E-state index contributed by atoms with van der Waals surface area (Å²) in [6.07, 6.45) is 5.59. The van der Waals surface area contributed by atoms with Crippen molar-refractivity contribution in [3.63, 3.8) is 0 Å². The number of methoxy groups -OCH3 is 1. The van der Waals surface area contributed by atoms with E-state index in [1.807, 2.05) is 0 Å². The molecule has 0 bridgehead atoms.